The van der Waals surface area contributed by atoms with Gasteiger partial charge < -0.3 is 9.47 Å². The lowest BCUT2D eigenvalue weighted by atomic mass is 9.92. The van der Waals surface area contributed by atoms with E-state index in [2.05, 4.69) is 40.9 Å². The van der Waals surface area contributed by atoms with Crippen LogP contribution in [0.2, 0.25) is 0 Å². The molecule has 27 heavy (non-hydrogen) atoms. The van der Waals surface area contributed by atoms with Gasteiger partial charge in [0, 0.05) is 6.42 Å². The number of benzene rings is 2. The van der Waals surface area contributed by atoms with Gasteiger partial charge in [-0.05, 0) is 63.1 Å². The molecular weight excluding hydrogens is 332 g/mol. The molecule has 148 valence electrons. The summed E-state index contributed by atoms with van der Waals surface area (Å²) in [4.78, 5) is 0. The van der Waals surface area contributed by atoms with Gasteiger partial charge >= 0.3 is 0 Å². The molecule has 0 aromatic heterocycles. The Bertz CT molecular complexity index is 643. The van der Waals surface area contributed by atoms with Crippen LogP contribution in [-0.4, -0.2) is 11.2 Å². The molecule has 0 fully saturated rings. The van der Waals surface area contributed by atoms with E-state index in [0.29, 0.717) is 0 Å². The summed E-state index contributed by atoms with van der Waals surface area (Å²) < 4.78 is 12.4. The van der Waals surface area contributed by atoms with Crippen LogP contribution in [0.25, 0.3) is 12.2 Å². The van der Waals surface area contributed by atoms with Gasteiger partial charge in [0.05, 0.1) is 0 Å². The van der Waals surface area contributed by atoms with Crippen molar-refractivity contribution in [3.63, 3.8) is 0 Å². The Labute approximate surface area is 166 Å². The Kier molecular flexibility index (Phi) is 9.09. The lowest BCUT2D eigenvalue weighted by molar-refractivity contribution is 0.00505. The summed E-state index contributed by atoms with van der Waals surface area (Å²) in [7, 11) is 0. The minimum absolute atomic E-state index is 0. The van der Waals surface area contributed by atoms with E-state index in [4.69, 9.17) is 9.47 Å². The highest BCUT2D eigenvalue weighted by Gasteiger charge is 2.32. The molecule has 0 aliphatic carbocycles. The maximum atomic E-state index is 6.18. The molecular formula is C25H36O2. The van der Waals surface area contributed by atoms with Crippen molar-refractivity contribution in [2.45, 2.75) is 60.2 Å². The molecule has 0 heterocycles. The van der Waals surface area contributed by atoms with Crippen LogP contribution >= 0.6 is 0 Å². The minimum atomic E-state index is -0.361. The molecule has 0 bridgehead atoms. The Balaban J connectivity index is 0.00000338. The van der Waals surface area contributed by atoms with Gasteiger partial charge in [0.2, 0.25) is 0 Å². The highest BCUT2D eigenvalue weighted by Crippen LogP contribution is 2.30. The first-order chi connectivity index (χ1) is 11.7. The Morgan fingerprint density at radius 2 is 0.963 bits per heavy atom. The zero-order valence-electron chi connectivity index (χ0n) is 15.7. The van der Waals surface area contributed by atoms with E-state index in [1.165, 1.54) is 0 Å². The second kappa shape index (κ2) is 10.0. The fourth-order valence-corrected chi connectivity index (χ4v) is 3.08. The van der Waals surface area contributed by atoms with Crippen LogP contribution in [0.5, 0.6) is 11.5 Å². The van der Waals surface area contributed by atoms with Crippen molar-refractivity contribution in [3.8, 4) is 11.5 Å². The van der Waals surface area contributed by atoms with Crippen molar-refractivity contribution in [1.82, 2.24) is 0 Å². The van der Waals surface area contributed by atoms with Crippen LogP contribution in [0.15, 0.2) is 61.7 Å². The third-order valence-corrected chi connectivity index (χ3v) is 3.87. The SMILES string of the molecule is C.C.C=Cc1ccc(OC(C)(C)CC(C)(C)Oc2ccc(C=C)cc2)cc1. The van der Waals surface area contributed by atoms with Crippen molar-refractivity contribution in [3.05, 3.63) is 72.8 Å². The highest BCUT2D eigenvalue weighted by molar-refractivity contribution is 5.49. The van der Waals surface area contributed by atoms with Gasteiger partial charge in [0.15, 0.2) is 0 Å². The van der Waals surface area contributed by atoms with Gasteiger partial charge in [-0.15, -0.1) is 0 Å². The summed E-state index contributed by atoms with van der Waals surface area (Å²) in [5.41, 5.74) is 1.44. The van der Waals surface area contributed by atoms with Crippen molar-refractivity contribution in [1.29, 1.82) is 0 Å². The molecule has 0 amide bonds. The second-order valence-electron chi connectivity index (χ2n) is 7.45. The first-order valence-electron chi connectivity index (χ1n) is 8.56. The highest BCUT2D eigenvalue weighted by atomic mass is 16.5. The third-order valence-electron chi connectivity index (χ3n) is 3.87. The third kappa shape index (κ3) is 7.74. The van der Waals surface area contributed by atoms with Crippen molar-refractivity contribution in [2.24, 2.45) is 0 Å². The van der Waals surface area contributed by atoms with E-state index in [-0.39, 0.29) is 26.1 Å². The molecule has 2 aromatic rings. The number of hydrogen-bond acceptors (Lipinski definition) is 2. The molecule has 2 rings (SSSR count). The Morgan fingerprint density at radius 3 is 1.22 bits per heavy atom. The summed E-state index contributed by atoms with van der Waals surface area (Å²) in [6, 6.07) is 15.9. The van der Waals surface area contributed by atoms with E-state index in [1.807, 2.05) is 60.7 Å². The maximum Gasteiger partial charge on any atom is 0.120 e. The van der Waals surface area contributed by atoms with Crippen molar-refractivity contribution >= 4 is 12.2 Å². The average molecular weight is 369 g/mol. The summed E-state index contributed by atoms with van der Waals surface area (Å²) >= 11 is 0. The molecule has 2 heteroatoms. The van der Waals surface area contributed by atoms with E-state index >= 15 is 0 Å². The molecule has 0 spiro atoms. The summed E-state index contributed by atoms with van der Waals surface area (Å²) in [5.74, 6) is 1.70. The van der Waals surface area contributed by atoms with Gasteiger partial charge in [-0.3, -0.25) is 0 Å². The molecule has 0 aliphatic heterocycles. The zero-order valence-corrected chi connectivity index (χ0v) is 15.7. The van der Waals surface area contributed by atoms with Crippen LogP contribution in [0, 0.1) is 0 Å². The molecule has 0 aliphatic rings. The van der Waals surface area contributed by atoms with Crippen molar-refractivity contribution < 1.29 is 9.47 Å². The van der Waals surface area contributed by atoms with Crippen LogP contribution in [-0.2, 0) is 0 Å². The Hall–Kier alpha value is -2.48. The fraction of sp³-hybridized carbons (Fsp3) is 0.360. The van der Waals surface area contributed by atoms with Crippen LogP contribution < -0.4 is 9.47 Å². The topological polar surface area (TPSA) is 18.5 Å². The summed E-state index contributed by atoms with van der Waals surface area (Å²) in [6.45, 7) is 15.9. The van der Waals surface area contributed by atoms with E-state index in [1.54, 1.807) is 0 Å². The van der Waals surface area contributed by atoms with Crippen LogP contribution in [0.3, 0.4) is 0 Å². The zero-order chi connectivity index (χ0) is 18.5. The molecule has 2 nitrogen and oxygen atoms in total. The second-order valence-corrected chi connectivity index (χ2v) is 7.45. The van der Waals surface area contributed by atoms with E-state index in [9.17, 15) is 0 Å². The molecule has 0 atom stereocenters. The van der Waals surface area contributed by atoms with Gasteiger partial charge in [0.25, 0.3) is 0 Å². The maximum absolute atomic E-state index is 6.18. The molecule has 0 saturated carbocycles. The standard InChI is InChI=1S/C23H28O2.2CH4/c1-7-18-9-13-20(14-10-18)24-22(3,4)17-23(5,6)25-21-15-11-19(8-2)12-16-21;;/h7-16H,1-2,17H2,3-6H3;2*1H4. The molecule has 0 saturated heterocycles. The number of ether oxygens (including phenoxy) is 2. The monoisotopic (exact) mass is 368 g/mol. The predicted octanol–water partition coefficient (Wildman–Crippen LogP) is 7.65. The lowest BCUT2D eigenvalue weighted by Crippen LogP contribution is -2.41. The largest absolute Gasteiger partial charge is 0.488 e. The summed E-state index contributed by atoms with van der Waals surface area (Å²) in [6.07, 6.45) is 4.39. The van der Waals surface area contributed by atoms with Crippen molar-refractivity contribution in [2.75, 3.05) is 0 Å². The first kappa shape index (κ1) is 24.5. The van der Waals surface area contributed by atoms with Gasteiger partial charge in [-0.2, -0.15) is 0 Å². The molecule has 0 unspecified atom stereocenters. The predicted molar refractivity (Wildman–Crippen MR) is 121 cm³/mol. The quantitative estimate of drug-likeness (QED) is 0.476. The first-order valence-corrected chi connectivity index (χ1v) is 8.56. The summed E-state index contributed by atoms with van der Waals surface area (Å²) in [5, 5.41) is 0. The van der Waals surface area contributed by atoms with Gasteiger partial charge in [-0.25, -0.2) is 0 Å². The van der Waals surface area contributed by atoms with Crippen LogP contribution in [0.1, 0.15) is 60.1 Å². The van der Waals surface area contributed by atoms with Crippen LogP contribution in [0.4, 0.5) is 0 Å². The van der Waals surface area contributed by atoms with Gasteiger partial charge in [0.1, 0.15) is 22.7 Å². The molecule has 0 N–H and O–H groups in total. The number of hydrogen-bond donors (Lipinski definition) is 0. The normalized spacial score (nSPS) is 10.8. The Morgan fingerprint density at radius 1 is 0.667 bits per heavy atom. The minimum Gasteiger partial charge on any atom is -0.488 e. The van der Waals surface area contributed by atoms with E-state index in [0.717, 1.165) is 29.0 Å². The lowest BCUT2D eigenvalue weighted by Gasteiger charge is -2.35. The smallest absolute Gasteiger partial charge is 0.120 e. The van der Waals surface area contributed by atoms with Gasteiger partial charge in [-0.1, -0.05) is 64.4 Å². The average Bonchev–Trinajstić information content (AvgIpc) is 2.54. The molecule has 0 radical (unpaired) electrons. The fourth-order valence-electron chi connectivity index (χ4n) is 3.08. The van der Waals surface area contributed by atoms with E-state index < -0.39 is 0 Å². The molecule has 2 aromatic carbocycles. The number of rotatable bonds is 8.